The Bertz CT molecular complexity index is 1200. The largest absolute Gasteiger partial charge is 0.454 e. The van der Waals surface area contributed by atoms with E-state index in [4.69, 9.17) is 14.5 Å². The van der Waals surface area contributed by atoms with Gasteiger partial charge in [-0.3, -0.25) is 9.78 Å². The first-order chi connectivity index (χ1) is 16.8. The van der Waals surface area contributed by atoms with Crippen LogP contribution in [0, 0.1) is 0 Å². The number of carbonyl (C=O) groups excluding carboxylic acids is 1. The summed E-state index contributed by atoms with van der Waals surface area (Å²) in [7, 11) is 0. The first kappa shape index (κ1) is 22.3. The van der Waals surface area contributed by atoms with Gasteiger partial charge >= 0.3 is 0 Å². The molecule has 6 heteroatoms. The minimum atomic E-state index is -0.0440. The summed E-state index contributed by atoms with van der Waals surface area (Å²) < 4.78 is 10.7. The van der Waals surface area contributed by atoms with Crippen molar-refractivity contribution in [1.29, 1.82) is 0 Å². The van der Waals surface area contributed by atoms with E-state index in [2.05, 4.69) is 28.8 Å². The number of hydrogen-bond acceptors (Lipinski definition) is 5. The number of benzene rings is 2. The van der Waals surface area contributed by atoms with E-state index in [-0.39, 0.29) is 12.7 Å². The fraction of sp³-hybridized carbons (Fsp3) is 0.357. The molecule has 1 amide bonds. The molecule has 1 aromatic heterocycles. The quantitative estimate of drug-likeness (QED) is 0.351. The molecule has 176 valence electrons. The minimum Gasteiger partial charge on any atom is -0.454 e. The molecule has 0 spiro atoms. The first-order valence-corrected chi connectivity index (χ1v) is 12.3. The van der Waals surface area contributed by atoms with Crippen LogP contribution in [0.1, 0.15) is 42.5 Å². The average Bonchev–Trinajstić information content (AvgIpc) is 3.34. The molecule has 0 fully saturated rings. The second kappa shape index (κ2) is 10.6. The molecule has 2 N–H and O–H groups in total. The molecule has 1 aliphatic heterocycles. The highest BCUT2D eigenvalue weighted by Crippen LogP contribution is 2.34. The Kier molecular flexibility index (Phi) is 6.94. The van der Waals surface area contributed by atoms with Gasteiger partial charge in [-0.25, -0.2) is 0 Å². The van der Waals surface area contributed by atoms with Gasteiger partial charge in [0, 0.05) is 29.9 Å². The highest BCUT2D eigenvalue weighted by atomic mass is 16.7. The van der Waals surface area contributed by atoms with E-state index >= 15 is 0 Å². The van der Waals surface area contributed by atoms with Crippen molar-refractivity contribution in [2.24, 2.45) is 0 Å². The number of aryl methyl sites for hydroxylation is 2. The van der Waals surface area contributed by atoms with Crippen molar-refractivity contribution >= 4 is 22.5 Å². The van der Waals surface area contributed by atoms with Gasteiger partial charge in [0.25, 0.3) is 0 Å². The van der Waals surface area contributed by atoms with Crippen LogP contribution in [0.3, 0.4) is 0 Å². The van der Waals surface area contributed by atoms with Crippen molar-refractivity contribution in [3.63, 3.8) is 0 Å². The number of ether oxygens (including phenoxy) is 2. The number of anilines is 1. The summed E-state index contributed by atoms with van der Waals surface area (Å²) in [4.78, 5) is 17.0. The highest BCUT2D eigenvalue weighted by molar-refractivity contribution is 5.93. The number of nitrogens with zero attached hydrogens (tertiary/aromatic N) is 1. The van der Waals surface area contributed by atoms with E-state index in [0.29, 0.717) is 6.54 Å². The summed E-state index contributed by atoms with van der Waals surface area (Å²) in [6.45, 7) is 1.74. The molecule has 0 saturated heterocycles. The molecule has 1 aliphatic carbocycles. The molecule has 0 atom stereocenters. The highest BCUT2D eigenvalue weighted by Gasteiger charge is 2.17. The lowest BCUT2D eigenvalue weighted by atomic mass is 9.92. The second-order valence-electron chi connectivity index (χ2n) is 8.84. The van der Waals surface area contributed by atoms with E-state index in [1.54, 1.807) is 6.08 Å². The van der Waals surface area contributed by atoms with Crippen molar-refractivity contribution in [1.82, 2.24) is 10.3 Å². The Morgan fingerprint density at radius 2 is 1.91 bits per heavy atom. The maximum atomic E-state index is 12.1. The van der Waals surface area contributed by atoms with E-state index in [9.17, 15) is 4.79 Å². The fourth-order valence-electron chi connectivity index (χ4n) is 4.68. The van der Waals surface area contributed by atoms with Gasteiger partial charge in [-0.2, -0.15) is 0 Å². The van der Waals surface area contributed by atoms with Crippen molar-refractivity contribution in [3.05, 3.63) is 71.4 Å². The molecular weight excluding hydrogens is 426 g/mol. The summed E-state index contributed by atoms with van der Waals surface area (Å²) >= 11 is 0. The number of amides is 1. The molecule has 0 radical (unpaired) electrons. The number of aromatic nitrogens is 1. The number of fused-ring (bicyclic) bond motifs is 3. The van der Waals surface area contributed by atoms with E-state index in [0.717, 1.165) is 55.7 Å². The second-order valence-corrected chi connectivity index (χ2v) is 8.84. The SMILES string of the molecule is O=C(/C=C/CCc1ccc2c(c1)OCO2)NCCCNc1c2c(nc3ccccc13)CCCC2. The lowest BCUT2D eigenvalue weighted by Gasteiger charge is -2.21. The molecule has 2 heterocycles. The number of hydrogen-bond donors (Lipinski definition) is 2. The van der Waals surface area contributed by atoms with Crippen molar-refractivity contribution < 1.29 is 14.3 Å². The summed E-state index contributed by atoms with van der Waals surface area (Å²) in [5.74, 6) is 1.55. The van der Waals surface area contributed by atoms with Crippen LogP contribution in [0.5, 0.6) is 11.5 Å². The molecule has 3 aromatic rings. The lowest BCUT2D eigenvalue weighted by molar-refractivity contribution is -0.116. The van der Waals surface area contributed by atoms with Crippen LogP contribution in [-0.4, -0.2) is 30.8 Å². The Labute approximate surface area is 200 Å². The number of para-hydroxylation sites is 1. The fourth-order valence-corrected chi connectivity index (χ4v) is 4.68. The minimum absolute atomic E-state index is 0.0440. The standard InChI is InChI=1S/C28H31N3O3/c32-27(13-6-1-8-20-14-15-25-26(18-20)34-19-33-25)29-16-7-17-30-28-21-9-2-4-11-23(21)31-24-12-5-3-10-22(24)28/h2,4,6,9,11,13-15,18H,1,3,5,7-8,10,12,16-17,19H2,(H,29,32)(H,30,31)/b13-6+. The van der Waals surface area contributed by atoms with Crippen molar-refractivity contribution in [2.45, 2.75) is 44.9 Å². The first-order valence-electron chi connectivity index (χ1n) is 12.3. The third kappa shape index (κ3) is 5.16. The molecule has 0 bridgehead atoms. The number of carbonyl (C=O) groups is 1. The van der Waals surface area contributed by atoms with Crippen LogP contribution in [-0.2, 0) is 24.1 Å². The number of pyridine rings is 1. The van der Waals surface area contributed by atoms with Gasteiger partial charge < -0.3 is 20.1 Å². The predicted octanol–water partition coefficient (Wildman–Crippen LogP) is 4.95. The van der Waals surface area contributed by atoms with Crippen LogP contribution in [0.25, 0.3) is 10.9 Å². The summed E-state index contributed by atoms with van der Waals surface area (Å²) in [6, 6.07) is 14.3. The van der Waals surface area contributed by atoms with Gasteiger partial charge in [0.2, 0.25) is 12.7 Å². The third-order valence-electron chi connectivity index (χ3n) is 6.43. The molecule has 0 saturated carbocycles. The van der Waals surface area contributed by atoms with Gasteiger partial charge in [0.1, 0.15) is 0 Å². The van der Waals surface area contributed by atoms with Crippen LogP contribution >= 0.6 is 0 Å². The molecular formula is C28H31N3O3. The lowest BCUT2D eigenvalue weighted by Crippen LogP contribution is -2.24. The summed E-state index contributed by atoms with van der Waals surface area (Å²) in [6.07, 6.45) is 10.7. The van der Waals surface area contributed by atoms with E-state index in [1.165, 1.54) is 40.7 Å². The molecule has 34 heavy (non-hydrogen) atoms. The monoisotopic (exact) mass is 457 g/mol. The zero-order chi connectivity index (χ0) is 23.2. The van der Waals surface area contributed by atoms with Gasteiger partial charge in [-0.15, -0.1) is 0 Å². The Hall–Kier alpha value is -3.54. The van der Waals surface area contributed by atoms with Gasteiger partial charge in [0.05, 0.1) is 5.52 Å². The number of allylic oxidation sites excluding steroid dienone is 1. The number of rotatable bonds is 9. The Balaban J connectivity index is 1.06. The predicted molar refractivity (Wildman–Crippen MR) is 135 cm³/mol. The van der Waals surface area contributed by atoms with Crippen LogP contribution in [0.2, 0.25) is 0 Å². The average molecular weight is 458 g/mol. The maximum absolute atomic E-state index is 12.1. The van der Waals surface area contributed by atoms with E-state index in [1.807, 2.05) is 30.3 Å². The van der Waals surface area contributed by atoms with Gasteiger partial charge in [0.15, 0.2) is 11.5 Å². The smallest absolute Gasteiger partial charge is 0.243 e. The van der Waals surface area contributed by atoms with Crippen LogP contribution < -0.4 is 20.1 Å². The topological polar surface area (TPSA) is 72.5 Å². The molecule has 6 nitrogen and oxygen atoms in total. The van der Waals surface area contributed by atoms with E-state index < -0.39 is 0 Å². The van der Waals surface area contributed by atoms with Crippen molar-refractivity contribution in [3.8, 4) is 11.5 Å². The van der Waals surface area contributed by atoms with Crippen LogP contribution in [0.4, 0.5) is 5.69 Å². The Morgan fingerprint density at radius 3 is 2.88 bits per heavy atom. The zero-order valence-electron chi connectivity index (χ0n) is 19.4. The molecule has 2 aromatic carbocycles. The molecule has 5 rings (SSSR count). The van der Waals surface area contributed by atoms with Crippen molar-refractivity contribution in [2.75, 3.05) is 25.2 Å². The van der Waals surface area contributed by atoms with Crippen LogP contribution in [0.15, 0.2) is 54.6 Å². The molecule has 2 aliphatic rings. The van der Waals surface area contributed by atoms with Gasteiger partial charge in [-0.05, 0) is 80.3 Å². The summed E-state index contributed by atoms with van der Waals surface area (Å²) in [5, 5.41) is 7.83. The summed E-state index contributed by atoms with van der Waals surface area (Å²) in [5.41, 5.74) is 6.08. The normalized spacial score (nSPS) is 14.4. The maximum Gasteiger partial charge on any atom is 0.243 e. The zero-order valence-corrected chi connectivity index (χ0v) is 19.4. The third-order valence-corrected chi connectivity index (χ3v) is 6.43. The Morgan fingerprint density at radius 1 is 1.03 bits per heavy atom. The van der Waals surface area contributed by atoms with Gasteiger partial charge in [-0.1, -0.05) is 30.3 Å². The molecule has 0 unspecified atom stereocenters. The number of nitrogens with one attached hydrogen (secondary N) is 2.